The Bertz CT molecular complexity index is 665. The number of amides is 1. The second kappa shape index (κ2) is 6.31. The molecule has 3 heterocycles. The van der Waals surface area contributed by atoms with E-state index in [1.807, 2.05) is 11.4 Å². The van der Waals surface area contributed by atoms with E-state index >= 15 is 0 Å². The number of carbonyl (C=O) groups is 2. The van der Waals surface area contributed by atoms with Crippen molar-refractivity contribution in [3.8, 4) is 10.6 Å². The minimum absolute atomic E-state index is 0.0602. The molecule has 0 aromatic carbocycles. The lowest BCUT2D eigenvalue weighted by atomic mass is 9.98. The molecule has 1 atom stereocenters. The third kappa shape index (κ3) is 3.19. The number of nitrogens with zero attached hydrogens (tertiary/aromatic N) is 2. The van der Waals surface area contributed by atoms with Crippen LogP contribution in [0.4, 0.5) is 0 Å². The Morgan fingerprint density at radius 2 is 2.36 bits per heavy atom. The summed E-state index contributed by atoms with van der Waals surface area (Å²) in [6, 6.07) is 1.83. The van der Waals surface area contributed by atoms with Crippen LogP contribution in [0.2, 0.25) is 0 Å². The largest absolute Gasteiger partial charge is 0.481 e. The fraction of sp³-hybridized carbons (Fsp3) is 0.400. The van der Waals surface area contributed by atoms with Crippen LogP contribution >= 0.6 is 11.3 Å². The van der Waals surface area contributed by atoms with Crippen LogP contribution in [0, 0.1) is 5.92 Å². The lowest BCUT2D eigenvalue weighted by molar-refractivity contribution is -0.145. The fourth-order valence-corrected chi connectivity index (χ4v) is 3.38. The van der Waals surface area contributed by atoms with Crippen molar-refractivity contribution < 1.29 is 19.1 Å². The van der Waals surface area contributed by atoms with E-state index in [9.17, 15) is 9.59 Å². The van der Waals surface area contributed by atoms with Crippen LogP contribution in [0.15, 0.2) is 28.4 Å². The van der Waals surface area contributed by atoms with Crippen LogP contribution in [0.5, 0.6) is 0 Å². The monoisotopic (exact) mass is 320 g/mol. The molecule has 7 heteroatoms. The molecule has 1 N–H and O–H groups in total. The van der Waals surface area contributed by atoms with Gasteiger partial charge in [-0.05, 0) is 18.9 Å². The van der Waals surface area contributed by atoms with Crippen molar-refractivity contribution in [2.24, 2.45) is 5.92 Å². The number of hydrogen-bond donors (Lipinski definition) is 1. The highest BCUT2D eigenvalue weighted by Gasteiger charge is 2.28. The number of piperidine rings is 1. The average Bonchev–Trinajstić information content (AvgIpc) is 3.18. The Kier molecular flexibility index (Phi) is 4.24. The summed E-state index contributed by atoms with van der Waals surface area (Å²) >= 11 is 1.47. The number of furan rings is 1. The molecular weight excluding hydrogens is 304 g/mol. The highest BCUT2D eigenvalue weighted by molar-refractivity contribution is 7.13. The summed E-state index contributed by atoms with van der Waals surface area (Å²) in [7, 11) is 0. The number of carbonyl (C=O) groups excluding carboxylic acids is 1. The first-order valence-corrected chi connectivity index (χ1v) is 7.99. The van der Waals surface area contributed by atoms with Crippen molar-refractivity contribution in [1.29, 1.82) is 0 Å². The van der Waals surface area contributed by atoms with E-state index in [4.69, 9.17) is 9.52 Å². The molecule has 0 saturated carbocycles. The quantitative estimate of drug-likeness (QED) is 0.934. The Balaban J connectivity index is 1.63. The van der Waals surface area contributed by atoms with Crippen molar-refractivity contribution in [3.63, 3.8) is 0 Å². The van der Waals surface area contributed by atoms with Crippen LogP contribution in [0.1, 0.15) is 18.5 Å². The SMILES string of the molecule is O=C(O)C1CCCN(C(=O)Cc2csc(-c3ccoc3)n2)C1. The molecule has 2 aromatic heterocycles. The predicted molar refractivity (Wildman–Crippen MR) is 80.5 cm³/mol. The zero-order valence-electron chi connectivity index (χ0n) is 11.9. The van der Waals surface area contributed by atoms with Gasteiger partial charge in [0.15, 0.2) is 0 Å². The van der Waals surface area contributed by atoms with Gasteiger partial charge < -0.3 is 14.4 Å². The van der Waals surface area contributed by atoms with Crippen molar-refractivity contribution in [3.05, 3.63) is 29.7 Å². The lowest BCUT2D eigenvalue weighted by Gasteiger charge is -2.30. The summed E-state index contributed by atoms with van der Waals surface area (Å²) in [5.74, 6) is -1.34. The van der Waals surface area contributed by atoms with Gasteiger partial charge in [0, 0.05) is 24.0 Å². The Morgan fingerprint density at radius 1 is 1.50 bits per heavy atom. The van der Waals surface area contributed by atoms with E-state index in [2.05, 4.69) is 4.98 Å². The highest BCUT2D eigenvalue weighted by Crippen LogP contribution is 2.24. The van der Waals surface area contributed by atoms with Gasteiger partial charge in [-0.1, -0.05) is 0 Å². The van der Waals surface area contributed by atoms with Crippen LogP contribution < -0.4 is 0 Å². The first-order valence-electron chi connectivity index (χ1n) is 7.11. The second-order valence-corrected chi connectivity index (χ2v) is 6.21. The summed E-state index contributed by atoms with van der Waals surface area (Å²) in [5.41, 5.74) is 1.61. The molecule has 1 fully saturated rings. The highest BCUT2D eigenvalue weighted by atomic mass is 32.1. The van der Waals surface area contributed by atoms with Crippen LogP contribution in [0.3, 0.4) is 0 Å². The molecule has 1 saturated heterocycles. The van der Waals surface area contributed by atoms with Gasteiger partial charge in [0.1, 0.15) is 11.3 Å². The standard InChI is InChI=1S/C15H16N2O4S/c18-13(17-4-1-2-10(7-17)15(19)20)6-12-9-22-14(16-12)11-3-5-21-8-11/h3,5,8-10H,1-2,4,6-7H2,(H,19,20). The number of thiazole rings is 1. The maximum Gasteiger partial charge on any atom is 0.308 e. The Hall–Kier alpha value is -2.15. The maximum absolute atomic E-state index is 12.3. The topological polar surface area (TPSA) is 83.6 Å². The minimum atomic E-state index is -0.826. The maximum atomic E-state index is 12.3. The molecule has 1 amide bonds. The van der Waals surface area contributed by atoms with Gasteiger partial charge in [-0.15, -0.1) is 11.3 Å². The van der Waals surface area contributed by atoms with Crippen molar-refractivity contribution in [2.45, 2.75) is 19.3 Å². The summed E-state index contributed by atoms with van der Waals surface area (Å²) in [5, 5.41) is 11.8. The fourth-order valence-electron chi connectivity index (χ4n) is 2.58. The second-order valence-electron chi connectivity index (χ2n) is 5.35. The number of rotatable bonds is 4. The third-order valence-electron chi connectivity index (χ3n) is 3.78. The number of aliphatic carboxylic acids is 1. The summed E-state index contributed by atoms with van der Waals surface area (Å²) < 4.78 is 5.02. The molecule has 1 aliphatic rings. The van der Waals surface area contributed by atoms with Gasteiger partial charge in [0.2, 0.25) is 5.91 Å². The normalized spacial score (nSPS) is 18.4. The first kappa shape index (κ1) is 14.8. The number of carboxylic acid groups (broad SMARTS) is 1. The van der Waals surface area contributed by atoms with Crippen LogP contribution in [0.25, 0.3) is 10.6 Å². The predicted octanol–water partition coefficient (Wildman–Crippen LogP) is 2.27. The molecule has 0 bridgehead atoms. The van der Waals surface area contributed by atoms with E-state index in [0.717, 1.165) is 17.0 Å². The van der Waals surface area contributed by atoms with E-state index in [1.54, 1.807) is 17.4 Å². The molecule has 0 radical (unpaired) electrons. The zero-order chi connectivity index (χ0) is 15.5. The molecule has 0 spiro atoms. The van der Waals surface area contributed by atoms with Gasteiger partial charge >= 0.3 is 5.97 Å². The first-order chi connectivity index (χ1) is 10.6. The van der Waals surface area contributed by atoms with Crippen molar-refractivity contribution in [2.75, 3.05) is 13.1 Å². The minimum Gasteiger partial charge on any atom is -0.481 e. The van der Waals surface area contributed by atoms with E-state index in [-0.39, 0.29) is 12.3 Å². The van der Waals surface area contributed by atoms with Gasteiger partial charge in [-0.25, -0.2) is 4.98 Å². The smallest absolute Gasteiger partial charge is 0.308 e. The lowest BCUT2D eigenvalue weighted by Crippen LogP contribution is -2.43. The molecule has 1 unspecified atom stereocenters. The number of aromatic nitrogens is 1. The van der Waals surface area contributed by atoms with E-state index in [0.29, 0.717) is 25.2 Å². The number of likely N-dealkylation sites (tertiary alicyclic amines) is 1. The van der Waals surface area contributed by atoms with Crippen LogP contribution in [-0.2, 0) is 16.0 Å². The molecule has 1 aliphatic heterocycles. The molecule has 116 valence electrons. The van der Waals surface area contributed by atoms with E-state index < -0.39 is 11.9 Å². The van der Waals surface area contributed by atoms with Gasteiger partial charge in [0.25, 0.3) is 0 Å². The third-order valence-corrected chi connectivity index (χ3v) is 4.72. The Labute approximate surface area is 131 Å². The molecule has 6 nitrogen and oxygen atoms in total. The summed E-state index contributed by atoms with van der Waals surface area (Å²) in [6.07, 6.45) is 4.79. The van der Waals surface area contributed by atoms with Crippen molar-refractivity contribution in [1.82, 2.24) is 9.88 Å². The summed E-state index contributed by atoms with van der Waals surface area (Å²) in [6.45, 7) is 0.925. The molecule has 3 rings (SSSR count). The van der Waals surface area contributed by atoms with Gasteiger partial charge in [0.05, 0.1) is 24.3 Å². The van der Waals surface area contributed by atoms with Crippen LogP contribution in [-0.4, -0.2) is 40.0 Å². The summed E-state index contributed by atoms with van der Waals surface area (Å²) in [4.78, 5) is 29.4. The number of hydrogen-bond acceptors (Lipinski definition) is 5. The molecular formula is C15H16N2O4S. The van der Waals surface area contributed by atoms with Gasteiger partial charge in [-0.3, -0.25) is 9.59 Å². The zero-order valence-corrected chi connectivity index (χ0v) is 12.7. The number of carboxylic acids is 1. The van der Waals surface area contributed by atoms with Crippen molar-refractivity contribution >= 4 is 23.2 Å². The van der Waals surface area contributed by atoms with Gasteiger partial charge in [-0.2, -0.15) is 0 Å². The molecule has 2 aromatic rings. The average molecular weight is 320 g/mol. The molecule has 0 aliphatic carbocycles. The Morgan fingerprint density at radius 3 is 3.09 bits per heavy atom. The molecule has 22 heavy (non-hydrogen) atoms. The van der Waals surface area contributed by atoms with E-state index in [1.165, 1.54) is 11.3 Å².